The van der Waals surface area contributed by atoms with Crippen LogP contribution in [0.3, 0.4) is 0 Å². The van der Waals surface area contributed by atoms with Crippen molar-refractivity contribution in [3.05, 3.63) is 42.1 Å². The smallest absolute Gasteiger partial charge is 0.466 e. The van der Waals surface area contributed by atoms with E-state index in [2.05, 4.69) is 15.3 Å². The van der Waals surface area contributed by atoms with Gasteiger partial charge in [-0.25, -0.2) is 14.8 Å². The molecule has 0 radical (unpaired) electrons. The van der Waals surface area contributed by atoms with Crippen molar-refractivity contribution in [1.82, 2.24) is 25.2 Å². The van der Waals surface area contributed by atoms with E-state index in [0.29, 0.717) is 22.2 Å². The zero-order valence-electron chi connectivity index (χ0n) is 27.5. The van der Waals surface area contributed by atoms with Gasteiger partial charge >= 0.3 is 18.1 Å². The molecular weight excluding hydrogens is 630 g/mol. The van der Waals surface area contributed by atoms with E-state index in [-0.39, 0.29) is 70.3 Å². The first kappa shape index (κ1) is 37.2. The number of nitrogens with one attached hydrogen (secondary N) is 1. The fourth-order valence-corrected chi connectivity index (χ4v) is 5.24. The predicted molar refractivity (Wildman–Crippen MR) is 172 cm³/mol. The zero-order chi connectivity index (χ0) is 34.4. The first-order valence-corrected chi connectivity index (χ1v) is 16.5. The first-order valence-electron chi connectivity index (χ1n) is 15.5. The Morgan fingerprint density at radius 1 is 0.915 bits per heavy atom. The molecule has 1 aromatic carbocycles. The molecule has 1 fully saturated rings. The summed E-state index contributed by atoms with van der Waals surface area (Å²) >= 11 is 1.27. The minimum Gasteiger partial charge on any atom is -0.466 e. The zero-order valence-corrected chi connectivity index (χ0v) is 28.3. The number of carbonyl (C=O) groups excluding carboxylic acids is 5. The van der Waals surface area contributed by atoms with Gasteiger partial charge in [-0.1, -0.05) is 30.3 Å². The molecule has 256 valence electrons. The van der Waals surface area contributed by atoms with E-state index in [4.69, 9.17) is 19.0 Å². The number of thioether (sulfide) groups is 1. The van der Waals surface area contributed by atoms with Crippen LogP contribution in [0.25, 0.3) is 11.4 Å². The quantitative estimate of drug-likeness (QED) is 0.134. The van der Waals surface area contributed by atoms with Crippen molar-refractivity contribution in [3.63, 3.8) is 0 Å². The van der Waals surface area contributed by atoms with Crippen LogP contribution in [0.15, 0.2) is 41.4 Å². The van der Waals surface area contributed by atoms with Crippen LogP contribution in [0.4, 0.5) is 4.79 Å². The van der Waals surface area contributed by atoms with E-state index >= 15 is 0 Å². The summed E-state index contributed by atoms with van der Waals surface area (Å²) < 4.78 is 15.2. The van der Waals surface area contributed by atoms with Gasteiger partial charge in [0.2, 0.25) is 5.91 Å². The number of hydrogen-bond acceptors (Lipinski definition) is 13. The summed E-state index contributed by atoms with van der Waals surface area (Å²) in [5.74, 6) is -1.22. The SMILES string of the molecule is CCOC(=O)CCSc1cc(C(=O)N[C@@H](CCC(=O)OC(C)(C)C)C(=O)N2CCN(OC(=O)OCC)CC2)nc(-c2ccccc2)n1. The van der Waals surface area contributed by atoms with Crippen LogP contribution in [-0.2, 0) is 33.4 Å². The molecule has 1 aromatic heterocycles. The Morgan fingerprint density at radius 2 is 1.60 bits per heavy atom. The molecular formula is C32H43N5O9S. The lowest BCUT2D eigenvalue weighted by Gasteiger charge is -2.35. The highest BCUT2D eigenvalue weighted by atomic mass is 32.2. The minimum absolute atomic E-state index is 0.0141. The molecule has 0 saturated carbocycles. The molecule has 1 atom stereocenters. The molecule has 1 saturated heterocycles. The number of esters is 2. The molecule has 15 heteroatoms. The average molecular weight is 674 g/mol. The molecule has 0 spiro atoms. The van der Waals surface area contributed by atoms with E-state index in [9.17, 15) is 24.0 Å². The van der Waals surface area contributed by atoms with Gasteiger partial charge < -0.3 is 29.3 Å². The van der Waals surface area contributed by atoms with Gasteiger partial charge in [0.15, 0.2) is 5.82 Å². The van der Waals surface area contributed by atoms with Crippen LogP contribution in [-0.4, -0.2) is 107 Å². The molecule has 47 heavy (non-hydrogen) atoms. The van der Waals surface area contributed by atoms with Gasteiger partial charge in [-0.05, 0) is 41.0 Å². The van der Waals surface area contributed by atoms with Crippen molar-refractivity contribution in [2.45, 2.75) is 70.6 Å². The number of aromatic nitrogens is 2. The lowest BCUT2D eigenvalue weighted by molar-refractivity contribution is -0.158. The number of hydroxylamine groups is 2. The highest BCUT2D eigenvalue weighted by molar-refractivity contribution is 7.99. The van der Waals surface area contributed by atoms with Crippen LogP contribution in [0.5, 0.6) is 0 Å². The average Bonchev–Trinajstić information content (AvgIpc) is 3.02. The van der Waals surface area contributed by atoms with Gasteiger partial charge in [0.1, 0.15) is 22.4 Å². The molecule has 2 heterocycles. The van der Waals surface area contributed by atoms with E-state index < -0.39 is 35.6 Å². The summed E-state index contributed by atoms with van der Waals surface area (Å²) in [7, 11) is 0. The fraction of sp³-hybridized carbons (Fsp3) is 0.531. The molecule has 1 N–H and O–H groups in total. The molecule has 1 aliphatic heterocycles. The van der Waals surface area contributed by atoms with Gasteiger partial charge in [-0.3, -0.25) is 19.2 Å². The summed E-state index contributed by atoms with van der Waals surface area (Å²) in [4.78, 5) is 79.3. The number of rotatable bonds is 14. The van der Waals surface area contributed by atoms with Gasteiger partial charge in [0.05, 0.1) is 32.7 Å². The molecule has 0 unspecified atom stereocenters. The van der Waals surface area contributed by atoms with Crippen molar-refractivity contribution in [2.24, 2.45) is 0 Å². The van der Waals surface area contributed by atoms with E-state index in [0.717, 1.165) is 0 Å². The summed E-state index contributed by atoms with van der Waals surface area (Å²) in [6.45, 7) is 9.98. The highest BCUT2D eigenvalue weighted by Crippen LogP contribution is 2.23. The number of hydrogen-bond donors (Lipinski definition) is 1. The summed E-state index contributed by atoms with van der Waals surface area (Å²) in [5, 5.41) is 4.64. The van der Waals surface area contributed by atoms with Crippen molar-refractivity contribution in [1.29, 1.82) is 0 Å². The Labute approximate surface area is 278 Å². The van der Waals surface area contributed by atoms with Crippen molar-refractivity contribution >= 4 is 41.7 Å². The van der Waals surface area contributed by atoms with Crippen LogP contribution >= 0.6 is 11.8 Å². The maximum Gasteiger partial charge on any atom is 0.527 e. The number of amides is 2. The molecule has 3 rings (SSSR count). The van der Waals surface area contributed by atoms with Crippen molar-refractivity contribution in [3.8, 4) is 11.4 Å². The third-order valence-electron chi connectivity index (χ3n) is 6.51. The van der Waals surface area contributed by atoms with Crippen LogP contribution in [0.2, 0.25) is 0 Å². The molecule has 1 aliphatic rings. The summed E-state index contributed by atoms with van der Waals surface area (Å²) in [5.41, 5.74) is -0.0272. The second-order valence-corrected chi connectivity index (χ2v) is 12.5. The highest BCUT2D eigenvalue weighted by Gasteiger charge is 2.31. The van der Waals surface area contributed by atoms with E-state index in [1.165, 1.54) is 27.8 Å². The van der Waals surface area contributed by atoms with Gasteiger partial charge in [-0.2, -0.15) is 0 Å². The van der Waals surface area contributed by atoms with Crippen molar-refractivity contribution in [2.75, 3.05) is 45.1 Å². The van der Waals surface area contributed by atoms with Crippen LogP contribution in [0.1, 0.15) is 64.4 Å². The minimum atomic E-state index is -1.08. The molecule has 2 amide bonds. The standard InChI is InChI=1S/C32H43N5O9S/c1-6-43-26(38)15-20-47-25-21-24(33-28(35-25)22-11-9-8-10-12-22)29(40)34-23(13-14-27(39)45-32(3,4)5)30(41)36-16-18-37(19-17-36)46-31(42)44-7-2/h8-12,21,23H,6-7,13-20H2,1-5H3,(H,34,40)/t23-/m0/s1. The van der Waals surface area contributed by atoms with Crippen molar-refractivity contribution < 1.29 is 43.0 Å². The Morgan fingerprint density at radius 3 is 2.23 bits per heavy atom. The number of benzene rings is 1. The maximum atomic E-state index is 13.7. The topological polar surface area (TPSA) is 167 Å². The Kier molecular flexibility index (Phi) is 14.4. The molecule has 2 aromatic rings. The lowest BCUT2D eigenvalue weighted by atomic mass is 10.1. The first-order chi connectivity index (χ1) is 22.4. The molecule has 14 nitrogen and oxygen atoms in total. The number of piperazine rings is 1. The molecule has 0 bridgehead atoms. The maximum absolute atomic E-state index is 13.7. The Balaban J connectivity index is 1.80. The van der Waals surface area contributed by atoms with Gasteiger partial charge in [-0.15, -0.1) is 16.8 Å². The number of carbonyl (C=O) groups is 5. The third-order valence-corrected chi connectivity index (χ3v) is 7.42. The summed E-state index contributed by atoms with van der Waals surface area (Å²) in [6, 6.07) is 9.52. The summed E-state index contributed by atoms with van der Waals surface area (Å²) in [6.07, 6.45) is -0.803. The van der Waals surface area contributed by atoms with E-state index in [1.54, 1.807) is 34.6 Å². The number of nitrogens with zero attached hydrogens (tertiary/aromatic N) is 4. The Bertz CT molecular complexity index is 1380. The second kappa shape index (κ2) is 18.2. The largest absolute Gasteiger partial charge is 0.527 e. The molecule has 0 aliphatic carbocycles. The monoisotopic (exact) mass is 673 g/mol. The predicted octanol–water partition coefficient (Wildman–Crippen LogP) is 3.64. The van der Waals surface area contributed by atoms with Gasteiger partial charge in [0, 0.05) is 36.9 Å². The fourth-order valence-electron chi connectivity index (χ4n) is 4.42. The Hall–Kier alpha value is -4.24. The van der Waals surface area contributed by atoms with Crippen LogP contribution < -0.4 is 5.32 Å². The third kappa shape index (κ3) is 12.8. The van der Waals surface area contributed by atoms with Gasteiger partial charge in [0.25, 0.3) is 5.91 Å². The normalized spacial score (nSPS) is 14.1. The second-order valence-electron chi connectivity index (χ2n) is 11.4. The van der Waals surface area contributed by atoms with E-state index in [1.807, 2.05) is 30.3 Å². The number of ether oxygens (including phenoxy) is 3. The van der Waals surface area contributed by atoms with Crippen LogP contribution in [0, 0.1) is 0 Å². The lowest BCUT2D eigenvalue weighted by Crippen LogP contribution is -2.55.